The monoisotopic (exact) mass is 354 g/mol. The van der Waals surface area contributed by atoms with Crippen LogP contribution < -0.4 is 5.73 Å². The van der Waals surface area contributed by atoms with E-state index in [1.165, 1.54) is 0 Å². The van der Waals surface area contributed by atoms with Crippen LogP contribution in [-0.4, -0.2) is 58.8 Å². The predicted molar refractivity (Wildman–Crippen MR) is 98.4 cm³/mol. The van der Waals surface area contributed by atoms with Crippen LogP contribution in [0.2, 0.25) is 0 Å². The number of piperazine rings is 1. The van der Waals surface area contributed by atoms with Crippen molar-refractivity contribution in [2.45, 2.75) is 18.7 Å². The van der Waals surface area contributed by atoms with E-state index in [1.807, 2.05) is 40.9 Å². The minimum Gasteiger partial charge on any atom is -0.348 e. The first-order chi connectivity index (χ1) is 10.7. The number of hydrogen-bond donors (Lipinski definition) is 1. The summed E-state index contributed by atoms with van der Waals surface area (Å²) in [5.41, 5.74) is 7.38. The highest BCUT2D eigenvalue weighted by Gasteiger charge is 2.26. The second kappa shape index (κ2) is 8.04. The van der Waals surface area contributed by atoms with Crippen molar-refractivity contribution in [1.82, 2.24) is 9.80 Å². The molecule has 1 atom stereocenters. The minimum atomic E-state index is 0. The van der Waals surface area contributed by atoms with E-state index in [0.717, 1.165) is 49.0 Å². The Bertz CT molecular complexity index is 570. The Balaban J connectivity index is 0.00000192. The summed E-state index contributed by atoms with van der Waals surface area (Å²) in [6, 6.07) is 7.59. The Morgan fingerprint density at radius 1 is 1.26 bits per heavy atom. The summed E-state index contributed by atoms with van der Waals surface area (Å²) < 4.78 is 0. The quantitative estimate of drug-likeness (QED) is 0.880. The zero-order valence-electron chi connectivity index (χ0n) is 13.3. The molecule has 0 radical (unpaired) electrons. The first-order valence-electron chi connectivity index (χ1n) is 7.71. The largest absolute Gasteiger partial charge is 0.348 e. The molecule has 3 rings (SSSR count). The van der Waals surface area contributed by atoms with Crippen LogP contribution >= 0.6 is 24.2 Å². The van der Waals surface area contributed by atoms with Gasteiger partial charge in [0.05, 0.1) is 6.54 Å². The molecule has 1 unspecified atom stereocenters. The van der Waals surface area contributed by atoms with E-state index < -0.39 is 0 Å². The molecule has 2 N–H and O–H groups in total. The fraction of sp³-hybridized carbons (Fsp3) is 0.500. The molecule has 0 spiro atoms. The van der Waals surface area contributed by atoms with Crippen molar-refractivity contribution in [3.8, 4) is 0 Å². The van der Waals surface area contributed by atoms with Gasteiger partial charge in [0.15, 0.2) is 5.17 Å². The third-order valence-corrected chi connectivity index (χ3v) is 5.21. The lowest BCUT2D eigenvalue weighted by Crippen LogP contribution is -2.49. The van der Waals surface area contributed by atoms with Gasteiger partial charge in [-0.1, -0.05) is 30.8 Å². The molecular formula is C16H23ClN4OS. The maximum absolute atomic E-state index is 12.5. The molecule has 1 aromatic rings. The van der Waals surface area contributed by atoms with Crippen LogP contribution in [0.4, 0.5) is 0 Å². The first kappa shape index (κ1) is 18.1. The topological polar surface area (TPSA) is 61.9 Å². The van der Waals surface area contributed by atoms with Crippen LogP contribution in [-0.2, 0) is 6.54 Å². The summed E-state index contributed by atoms with van der Waals surface area (Å²) >= 11 is 1.84. The zero-order chi connectivity index (χ0) is 15.5. The average Bonchev–Trinajstić information content (AvgIpc) is 3.01. The van der Waals surface area contributed by atoms with E-state index in [-0.39, 0.29) is 18.3 Å². The van der Waals surface area contributed by atoms with Gasteiger partial charge in [0.2, 0.25) is 0 Å². The summed E-state index contributed by atoms with van der Waals surface area (Å²) in [5, 5.41) is 1.72. The van der Waals surface area contributed by atoms with Crippen LogP contribution in [0.5, 0.6) is 0 Å². The number of halogens is 1. The molecule has 1 fully saturated rings. The Morgan fingerprint density at radius 3 is 2.43 bits per heavy atom. The fourth-order valence-corrected chi connectivity index (χ4v) is 3.69. The third kappa shape index (κ3) is 4.19. The number of aliphatic imine (C=N–C) groups is 1. The molecule has 1 saturated heterocycles. The number of hydrogen-bond acceptors (Lipinski definition) is 5. The van der Waals surface area contributed by atoms with Gasteiger partial charge in [-0.25, -0.2) is 0 Å². The predicted octanol–water partition coefficient (Wildman–Crippen LogP) is 1.82. The van der Waals surface area contributed by atoms with Crippen molar-refractivity contribution < 1.29 is 4.79 Å². The molecule has 7 heteroatoms. The van der Waals surface area contributed by atoms with Crippen molar-refractivity contribution in [1.29, 1.82) is 0 Å². The summed E-state index contributed by atoms with van der Waals surface area (Å²) in [7, 11) is 0. The van der Waals surface area contributed by atoms with Crippen LogP contribution in [0.3, 0.4) is 0 Å². The molecule has 1 aromatic carbocycles. The Labute approximate surface area is 147 Å². The lowest BCUT2D eigenvalue weighted by molar-refractivity contribution is 0.0693. The van der Waals surface area contributed by atoms with Crippen LogP contribution in [0.1, 0.15) is 22.8 Å². The van der Waals surface area contributed by atoms with Gasteiger partial charge in [0, 0.05) is 43.5 Å². The molecular weight excluding hydrogens is 332 g/mol. The van der Waals surface area contributed by atoms with E-state index in [0.29, 0.717) is 11.8 Å². The fourth-order valence-electron chi connectivity index (χ4n) is 2.70. The number of nitrogens with two attached hydrogens (primary N) is 1. The molecule has 0 aliphatic carbocycles. The summed E-state index contributed by atoms with van der Waals surface area (Å²) in [6.45, 7) is 6.86. The van der Waals surface area contributed by atoms with Gasteiger partial charge in [0.1, 0.15) is 0 Å². The molecule has 1 amide bonds. The standard InChI is InChI=1S/C16H22N4OS.ClH/c1-12-11-18-16(22-12)20-8-6-19(7-9-20)15(21)14-4-2-13(10-17)3-5-14;/h2-5,12H,6-11,17H2,1H3;1H. The number of amides is 1. The summed E-state index contributed by atoms with van der Waals surface area (Å²) in [6.07, 6.45) is 0. The molecule has 126 valence electrons. The number of carbonyl (C=O) groups is 1. The number of benzene rings is 1. The smallest absolute Gasteiger partial charge is 0.253 e. The van der Waals surface area contributed by atoms with Crippen LogP contribution in [0, 0.1) is 0 Å². The van der Waals surface area contributed by atoms with Gasteiger partial charge in [-0.3, -0.25) is 9.79 Å². The molecule has 2 heterocycles. The number of nitrogens with zero attached hydrogens (tertiary/aromatic N) is 3. The first-order valence-corrected chi connectivity index (χ1v) is 8.59. The maximum atomic E-state index is 12.5. The van der Waals surface area contributed by atoms with E-state index in [9.17, 15) is 4.79 Å². The number of amidine groups is 1. The van der Waals surface area contributed by atoms with Gasteiger partial charge < -0.3 is 15.5 Å². The highest BCUT2D eigenvalue weighted by Crippen LogP contribution is 2.23. The normalized spacial score (nSPS) is 21.0. The minimum absolute atomic E-state index is 0. The number of rotatable bonds is 2. The number of carbonyl (C=O) groups excluding carboxylic acids is 1. The van der Waals surface area contributed by atoms with Gasteiger partial charge in [-0.2, -0.15) is 0 Å². The van der Waals surface area contributed by atoms with Crippen LogP contribution in [0.15, 0.2) is 29.3 Å². The molecule has 0 bridgehead atoms. The Kier molecular flexibility index (Phi) is 6.33. The van der Waals surface area contributed by atoms with Crippen molar-refractivity contribution >= 4 is 35.2 Å². The van der Waals surface area contributed by atoms with Crippen LogP contribution in [0.25, 0.3) is 0 Å². The van der Waals surface area contributed by atoms with Crippen molar-refractivity contribution in [3.05, 3.63) is 35.4 Å². The highest BCUT2D eigenvalue weighted by molar-refractivity contribution is 8.14. The third-order valence-electron chi connectivity index (χ3n) is 4.06. The molecule has 0 aromatic heterocycles. The van der Waals surface area contributed by atoms with Gasteiger partial charge in [-0.05, 0) is 17.7 Å². The molecule has 23 heavy (non-hydrogen) atoms. The van der Waals surface area contributed by atoms with Crippen molar-refractivity contribution in [2.24, 2.45) is 10.7 Å². The van der Waals surface area contributed by atoms with Gasteiger partial charge in [0.25, 0.3) is 5.91 Å². The van der Waals surface area contributed by atoms with Gasteiger partial charge in [-0.15, -0.1) is 12.4 Å². The van der Waals surface area contributed by atoms with E-state index in [4.69, 9.17) is 5.73 Å². The van der Waals surface area contributed by atoms with Gasteiger partial charge >= 0.3 is 0 Å². The maximum Gasteiger partial charge on any atom is 0.253 e. The number of thioether (sulfide) groups is 1. The molecule has 2 aliphatic rings. The SMILES string of the molecule is CC1CN=C(N2CCN(C(=O)c3ccc(CN)cc3)CC2)S1.Cl. The highest BCUT2D eigenvalue weighted by atomic mass is 35.5. The molecule has 5 nitrogen and oxygen atoms in total. The average molecular weight is 355 g/mol. The lowest BCUT2D eigenvalue weighted by Gasteiger charge is -2.35. The van der Waals surface area contributed by atoms with E-state index in [1.54, 1.807) is 0 Å². The molecule has 2 aliphatic heterocycles. The summed E-state index contributed by atoms with van der Waals surface area (Å²) in [4.78, 5) is 21.3. The lowest BCUT2D eigenvalue weighted by atomic mass is 10.1. The zero-order valence-corrected chi connectivity index (χ0v) is 14.9. The Morgan fingerprint density at radius 2 is 1.91 bits per heavy atom. The second-order valence-corrected chi connectivity index (χ2v) is 7.14. The Hall–Kier alpha value is -1.24. The van der Waals surface area contributed by atoms with E-state index in [2.05, 4.69) is 16.8 Å². The second-order valence-electron chi connectivity index (χ2n) is 5.73. The van der Waals surface area contributed by atoms with Crippen molar-refractivity contribution in [2.75, 3.05) is 32.7 Å². The van der Waals surface area contributed by atoms with E-state index >= 15 is 0 Å². The summed E-state index contributed by atoms with van der Waals surface area (Å²) in [5.74, 6) is 0.109. The van der Waals surface area contributed by atoms with Crippen molar-refractivity contribution in [3.63, 3.8) is 0 Å². The molecule has 0 saturated carbocycles.